The standard InChI is InChI=1S/C15H25P.C5H5.2ClH.Rh/c1-9(2)12-7-13(10(3)4)15(16)14(8-12)11(5)6;1-2-4-5-3-1;;;/h7-11H,16H2,1-6H3;1-5H;2*1H;/q;;;;+2/p-1. The summed E-state index contributed by atoms with van der Waals surface area (Å²) in [5.74, 6) is 1.88. The Morgan fingerprint density at radius 3 is 1.33 bits per heavy atom. The van der Waals surface area contributed by atoms with E-state index >= 15 is 0 Å². The van der Waals surface area contributed by atoms with Crippen LogP contribution in [-0.4, -0.2) is 0 Å². The summed E-state index contributed by atoms with van der Waals surface area (Å²) in [5, 5.41) is 1.52. The Morgan fingerprint density at radius 1 is 0.750 bits per heavy atom. The zero-order chi connectivity index (χ0) is 18.7. The fraction of sp³-hybridized carbons (Fsp3) is 0.450. The van der Waals surface area contributed by atoms with Crippen molar-refractivity contribution in [3.63, 3.8) is 0 Å². The van der Waals surface area contributed by atoms with Crippen LogP contribution in [0.25, 0.3) is 0 Å². The Hall–Kier alpha value is 0.333. The summed E-state index contributed by atoms with van der Waals surface area (Å²) in [7, 11) is 11.7. The van der Waals surface area contributed by atoms with Crippen LogP contribution in [-0.2, 0) is 15.1 Å². The van der Waals surface area contributed by atoms with E-state index in [1.807, 2.05) is 30.7 Å². The van der Waals surface area contributed by atoms with Crippen LogP contribution in [0.15, 0.2) is 36.4 Å². The molecular weight excluding hydrogens is 445 g/mol. The van der Waals surface area contributed by atoms with Crippen molar-refractivity contribution in [2.75, 3.05) is 0 Å². The van der Waals surface area contributed by atoms with Gasteiger partial charge in [-0.1, -0.05) is 78.0 Å². The molecule has 0 saturated heterocycles. The van der Waals surface area contributed by atoms with Crippen molar-refractivity contribution in [1.29, 1.82) is 0 Å². The average molecular weight is 476 g/mol. The van der Waals surface area contributed by atoms with Crippen LogP contribution in [0.4, 0.5) is 0 Å². The maximum absolute atomic E-state index is 4.83. The molecule has 1 atom stereocenters. The van der Waals surface area contributed by atoms with Crippen molar-refractivity contribution in [2.24, 2.45) is 0 Å². The van der Waals surface area contributed by atoms with Crippen molar-refractivity contribution in [3.05, 3.63) is 59.5 Å². The molecule has 1 unspecified atom stereocenters. The Labute approximate surface area is 167 Å². The first-order chi connectivity index (χ1) is 11.3. The van der Waals surface area contributed by atoms with Crippen LogP contribution in [0.1, 0.15) is 76.0 Å². The van der Waals surface area contributed by atoms with E-state index in [1.54, 1.807) is 0 Å². The molecule has 0 aromatic heterocycles. The number of rotatable bonds is 3. The third kappa shape index (κ3) is 9.15. The van der Waals surface area contributed by atoms with Gasteiger partial charge in [0, 0.05) is 15.7 Å². The quantitative estimate of drug-likeness (QED) is 0.326. The molecule has 138 valence electrons. The zero-order valence-electron chi connectivity index (χ0n) is 15.6. The molecule has 4 heteroatoms. The molecule has 1 radical (unpaired) electrons. The molecule has 1 aliphatic rings. The molecule has 0 heterocycles. The number of halogens is 2. The van der Waals surface area contributed by atoms with E-state index in [-0.39, 0.29) is 15.1 Å². The predicted octanol–water partition coefficient (Wildman–Crippen LogP) is 6.98. The first-order valence-corrected chi connectivity index (χ1v) is 13.2. The Morgan fingerprint density at radius 2 is 1.12 bits per heavy atom. The minimum absolute atomic E-state index is 0.226. The van der Waals surface area contributed by atoms with Crippen LogP contribution in [0.2, 0.25) is 0 Å². The van der Waals surface area contributed by atoms with Gasteiger partial charge in [-0.2, -0.15) is 0 Å². The predicted molar refractivity (Wildman–Crippen MR) is 114 cm³/mol. The normalized spacial score (nSPS) is 12.6. The number of allylic oxidation sites excluding steroid dienone is 4. The van der Waals surface area contributed by atoms with Gasteiger partial charge in [-0.25, -0.2) is 0 Å². The summed E-state index contributed by atoms with van der Waals surface area (Å²) >= 11 is -0.226. The van der Waals surface area contributed by atoms with E-state index < -0.39 is 0 Å². The fourth-order valence-electron chi connectivity index (χ4n) is 2.43. The topological polar surface area (TPSA) is 0 Å². The number of hydrogen-bond donors (Lipinski definition) is 0. The molecule has 1 aromatic rings. The molecule has 0 aliphatic heterocycles. The van der Waals surface area contributed by atoms with Gasteiger partial charge in [-0.05, 0) is 34.4 Å². The summed E-state index contributed by atoms with van der Waals surface area (Å²) in [6.07, 6.45) is 10.0. The molecule has 2 rings (SSSR count). The molecule has 1 aromatic carbocycles. The van der Waals surface area contributed by atoms with Crippen molar-refractivity contribution in [2.45, 2.75) is 59.3 Å². The second kappa shape index (κ2) is 13.5. The third-order valence-corrected chi connectivity index (χ3v) is 4.62. The number of benzene rings is 1. The molecule has 0 bridgehead atoms. The monoisotopic (exact) mass is 475 g/mol. The van der Waals surface area contributed by atoms with E-state index in [0.29, 0.717) is 17.8 Å². The summed E-state index contributed by atoms with van der Waals surface area (Å²) in [4.78, 5) is 0. The molecule has 0 spiro atoms. The van der Waals surface area contributed by atoms with Gasteiger partial charge in [0.25, 0.3) is 0 Å². The minimum atomic E-state index is -0.226. The van der Waals surface area contributed by atoms with E-state index in [1.165, 1.54) is 22.0 Å². The van der Waals surface area contributed by atoms with Crippen molar-refractivity contribution in [1.82, 2.24) is 0 Å². The van der Waals surface area contributed by atoms with Gasteiger partial charge >= 0.3 is 34.5 Å². The molecule has 0 nitrogen and oxygen atoms in total. The molecule has 0 saturated carbocycles. The molecule has 0 amide bonds. The van der Waals surface area contributed by atoms with Gasteiger partial charge in [0.2, 0.25) is 0 Å². The van der Waals surface area contributed by atoms with Crippen LogP contribution >= 0.6 is 28.6 Å². The SMILES string of the molecule is CC(C)c1cc(C(C)C)c([PH3+])c(C(C)C)c1.[CH]1C=CC=C1.[Cl][Rh][Cl]. The second-order valence-electron chi connectivity index (χ2n) is 6.65. The van der Waals surface area contributed by atoms with Gasteiger partial charge in [-0.15, -0.1) is 0 Å². The first-order valence-electron chi connectivity index (χ1n) is 8.26. The van der Waals surface area contributed by atoms with Crippen molar-refractivity contribution in [3.8, 4) is 0 Å². The van der Waals surface area contributed by atoms with Gasteiger partial charge in [-0.3, -0.25) is 0 Å². The summed E-state index contributed by atoms with van der Waals surface area (Å²) in [6, 6.07) is 4.81. The van der Waals surface area contributed by atoms with Crippen LogP contribution in [0.5, 0.6) is 0 Å². The molecule has 1 aliphatic carbocycles. The molecule has 0 fully saturated rings. The molecule has 0 N–H and O–H groups in total. The fourth-order valence-corrected chi connectivity index (χ4v) is 3.45. The van der Waals surface area contributed by atoms with Crippen LogP contribution in [0, 0.1) is 6.42 Å². The number of hydrogen-bond acceptors (Lipinski definition) is 0. The second-order valence-corrected chi connectivity index (χ2v) is 9.85. The van der Waals surface area contributed by atoms with Gasteiger partial charge in [0.05, 0.1) is 5.30 Å². The zero-order valence-corrected chi connectivity index (χ0v) is 20.1. The Bertz CT molecular complexity index is 495. The summed E-state index contributed by atoms with van der Waals surface area (Å²) < 4.78 is 0. The summed E-state index contributed by atoms with van der Waals surface area (Å²) in [6.45, 7) is 13.7. The maximum atomic E-state index is 4.83. The van der Waals surface area contributed by atoms with E-state index in [4.69, 9.17) is 19.4 Å². The van der Waals surface area contributed by atoms with Crippen molar-refractivity contribution < 1.29 is 15.1 Å². The van der Waals surface area contributed by atoms with Crippen LogP contribution in [0.3, 0.4) is 0 Å². The average Bonchev–Trinajstić information content (AvgIpc) is 3.06. The summed E-state index contributed by atoms with van der Waals surface area (Å²) in [5.41, 5.74) is 4.56. The first kappa shape index (κ1) is 24.3. The molecular formula is C20H31Cl2PRh+. The Balaban J connectivity index is 0.000000542. The van der Waals surface area contributed by atoms with Crippen LogP contribution < -0.4 is 5.30 Å². The Kier molecular flexibility index (Phi) is 13.7. The molecule has 24 heavy (non-hydrogen) atoms. The van der Waals surface area contributed by atoms with E-state index in [9.17, 15) is 0 Å². The van der Waals surface area contributed by atoms with Gasteiger partial charge in [0.1, 0.15) is 0 Å². The van der Waals surface area contributed by atoms with E-state index in [2.05, 4.69) is 62.9 Å². The van der Waals surface area contributed by atoms with E-state index in [0.717, 1.165) is 0 Å². The van der Waals surface area contributed by atoms with Gasteiger partial charge in [0.15, 0.2) is 0 Å². The third-order valence-electron chi connectivity index (χ3n) is 3.81. The van der Waals surface area contributed by atoms with Gasteiger partial charge < -0.3 is 0 Å². The van der Waals surface area contributed by atoms with Crippen molar-refractivity contribution >= 4 is 33.9 Å².